The van der Waals surface area contributed by atoms with Gasteiger partial charge in [-0.05, 0) is 31.2 Å². The van der Waals surface area contributed by atoms with Crippen LogP contribution in [-0.2, 0) is 0 Å². The third-order valence-electron chi connectivity index (χ3n) is 2.40. The van der Waals surface area contributed by atoms with Crippen LogP contribution in [0.4, 0.5) is 0 Å². The van der Waals surface area contributed by atoms with Crippen LogP contribution in [0.25, 0.3) is 0 Å². The zero-order valence-electron chi connectivity index (χ0n) is 5.56. The molecule has 0 heterocycles. The molecule has 1 saturated carbocycles. The van der Waals surface area contributed by atoms with Gasteiger partial charge >= 0.3 is 0 Å². The molecular formula is C7H15N. The maximum atomic E-state index is 5.50. The van der Waals surface area contributed by atoms with E-state index in [9.17, 15) is 0 Å². The smallest absolute Gasteiger partial charge is 0.00462 e. The van der Waals surface area contributed by atoms with Crippen molar-refractivity contribution in [2.75, 3.05) is 6.54 Å². The monoisotopic (exact) mass is 113 g/mol. The molecule has 2 unspecified atom stereocenters. The van der Waals surface area contributed by atoms with Crippen molar-refractivity contribution < 1.29 is 0 Å². The maximum absolute atomic E-state index is 5.50. The molecule has 1 fully saturated rings. The molecule has 48 valence electrons. The molecule has 0 radical (unpaired) electrons. The Morgan fingerprint density at radius 2 is 2.00 bits per heavy atom. The Morgan fingerprint density at radius 1 is 1.38 bits per heavy atom. The van der Waals surface area contributed by atoms with E-state index in [2.05, 4.69) is 6.92 Å². The summed E-state index contributed by atoms with van der Waals surface area (Å²) in [4.78, 5) is 0. The largest absolute Gasteiger partial charge is 0.330 e. The molecule has 0 saturated heterocycles. The predicted octanol–water partition coefficient (Wildman–Crippen LogP) is 1.38. The van der Waals surface area contributed by atoms with Crippen LogP contribution in [-0.4, -0.2) is 6.54 Å². The Labute approximate surface area is 51.3 Å². The van der Waals surface area contributed by atoms with Gasteiger partial charge in [0.1, 0.15) is 0 Å². The van der Waals surface area contributed by atoms with Gasteiger partial charge in [-0.25, -0.2) is 0 Å². The third-order valence-corrected chi connectivity index (χ3v) is 2.40. The first-order valence-corrected chi connectivity index (χ1v) is 3.58. The van der Waals surface area contributed by atoms with Crippen LogP contribution >= 0.6 is 0 Å². The minimum atomic E-state index is 0.875. The molecule has 2 N–H and O–H groups in total. The summed E-state index contributed by atoms with van der Waals surface area (Å²) in [6.45, 7) is 3.17. The second-order valence-electron chi connectivity index (χ2n) is 2.74. The molecule has 0 aromatic heterocycles. The lowest BCUT2D eigenvalue weighted by atomic mass is 9.72. The van der Waals surface area contributed by atoms with Gasteiger partial charge in [0.25, 0.3) is 0 Å². The Bertz CT molecular complexity index is 56.8. The number of rotatable bonds is 2. The van der Waals surface area contributed by atoms with Gasteiger partial charge in [-0.3, -0.25) is 0 Å². The van der Waals surface area contributed by atoms with E-state index in [-0.39, 0.29) is 0 Å². The van der Waals surface area contributed by atoms with E-state index in [1.165, 1.54) is 19.3 Å². The minimum absolute atomic E-state index is 0.875. The fraction of sp³-hybridized carbons (Fsp3) is 1.00. The van der Waals surface area contributed by atoms with Crippen molar-refractivity contribution in [3.63, 3.8) is 0 Å². The van der Waals surface area contributed by atoms with Crippen LogP contribution in [0, 0.1) is 11.8 Å². The molecule has 0 amide bonds. The Hall–Kier alpha value is -0.0400. The van der Waals surface area contributed by atoms with E-state index in [0.717, 1.165) is 18.4 Å². The first-order valence-electron chi connectivity index (χ1n) is 3.58. The Morgan fingerprint density at radius 3 is 2.12 bits per heavy atom. The number of hydrogen-bond acceptors (Lipinski definition) is 1. The van der Waals surface area contributed by atoms with Gasteiger partial charge in [0.05, 0.1) is 0 Å². The highest BCUT2D eigenvalue weighted by molar-refractivity contribution is 4.79. The van der Waals surface area contributed by atoms with Crippen LogP contribution in [0.15, 0.2) is 0 Å². The van der Waals surface area contributed by atoms with E-state index in [1.54, 1.807) is 0 Å². The van der Waals surface area contributed by atoms with Crippen LogP contribution in [0.3, 0.4) is 0 Å². The number of nitrogens with two attached hydrogens (primary N) is 1. The molecule has 1 aliphatic carbocycles. The zero-order valence-corrected chi connectivity index (χ0v) is 5.56. The van der Waals surface area contributed by atoms with E-state index in [1.807, 2.05) is 0 Å². The topological polar surface area (TPSA) is 26.0 Å². The quantitative estimate of drug-likeness (QED) is 0.575. The number of hydrogen-bond donors (Lipinski definition) is 1. The highest BCUT2D eigenvalue weighted by atomic mass is 14.6. The lowest BCUT2D eigenvalue weighted by Crippen LogP contribution is -2.31. The molecule has 0 aromatic carbocycles. The summed E-state index contributed by atoms with van der Waals surface area (Å²) >= 11 is 0. The van der Waals surface area contributed by atoms with E-state index in [0.29, 0.717) is 0 Å². The van der Waals surface area contributed by atoms with Gasteiger partial charge in [0.15, 0.2) is 0 Å². The normalized spacial score (nSPS) is 36.8. The molecule has 0 aromatic rings. The first kappa shape index (κ1) is 6.09. The minimum Gasteiger partial charge on any atom is -0.330 e. The second kappa shape index (κ2) is 2.49. The first-order chi connectivity index (χ1) is 3.88. The molecule has 0 bridgehead atoms. The van der Waals surface area contributed by atoms with Gasteiger partial charge in [0.2, 0.25) is 0 Å². The average Bonchev–Trinajstić information content (AvgIpc) is 1.66. The third kappa shape index (κ3) is 0.873. The fourth-order valence-electron chi connectivity index (χ4n) is 1.49. The van der Waals surface area contributed by atoms with Crippen LogP contribution in [0.5, 0.6) is 0 Å². The molecule has 1 aliphatic rings. The van der Waals surface area contributed by atoms with Crippen LogP contribution in [0.1, 0.15) is 26.2 Å². The lowest BCUT2D eigenvalue weighted by molar-refractivity contribution is 0.178. The van der Waals surface area contributed by atoms with Crippen molar-refractivity contribution in [2.45, 2.75) is 26.2 Å². The van der Waals surface area contributed by atoms with Gasteiger partial charge in [0, 0.05) is 0 Å². The van der Waals surface area contributed by atoms with E-state index in [4.69, 9.17) is 5.73 Å². The summed E-state index contributed by atoms with van der Waals surface area (Å²) in [6, 6.07) is 0. The summed E-state index contributed by atoms with van der Waals surface area (Å²) in [5.74, 6) is 1.85. The van der Waals surface area contributed by atoms with Gasteiger partial charge < -0.3 is 5.73 Å². The maximum Gasteiger partial charge on any atom is -0.00462 e. The van der Waals surface area contributed by atoms with Gasteiger partial charge in [-0.1, -0.05) is 13.3 Å². The molecule has 8 heavy (non-hydrogen) atoms. The molecule has 0 spiro atoms. The molecule has 0 aliphatic heterocycles. The highest BCUT2D eigenvalue weighted by Crippen LogP contribution is 2.35. The van der Waals surface area contributed by atoms with Crippen molar-refractivity contribution in [1.29, 1.82) is 0 Å². The van der Waals surface area contributed by atoms with E-state index < -0.39 is 0 Å². The average molecular weight is 113 g/mol. The van der Waals surface area contributed by atoms with Crippen LogP contribution in [0.2, 0.25) is 0 Å². The van der Waals surface area contributed by atoms with Crippen molar-refractivity contribution in [2.24, 2.45) is 17.6 Å². The van der Waals surface area contributed by atoms with Gasteiger partial charge in [-0.15, -0.1) is 0 Å². The summed E-state index contributed by atoms with van der Waals surface area (Å²) < 4.78 is 0. The molecule has 2 atom stereocenters. The SMILES string of the molecule is CCC1CCC1CN. The zero-order chi connectivity index (χ0) is 5.98. The van der Waals surface area contributed by atoms with Crippen molar-refractivity contribution in [3.8, 4) is 0 Å². The van der Waals surface area contributed by atoms with E-state index >= 15 is 0 Å². The van der Waals surface area contributed by atoms with Crippen LogP contribution < -0.4 is 5.73 Å². The summed E-state index contributed by atoms with van der Waals surface area (Å²) in [5, 5.41) is 0. The fourth-order valence-corrected chi connectivity index (χ4v) is 1.49. The van der Waals surface area contributed by atoms with Crippen molar-refractivity contribution >= 4 is 0 Å². The highest BCUT2D eigenvalue weighted by Gasteiger charge is 2.27. The molecular weight excluding hydrogens is 98.1 g/mol. The molecule has 1 heteroatoms. The second-order valence-corrected chi connectivity index (χ2v) is 2.74. The standard InChI is InChI=1S/C7H15N/c1-2-6-3-4-7(6)5-8/h6-7H,2-5,8H2,1H3. The summed E-state index contributed by atoms with van der Waals surface area (Å²) in [7, 11) is 0. The Kier molecular flexibility index (Phi) is 1.90. The summed E-state index contributed by atoms with van der Waals surface area (Å²) in [5.41, 5.74) is 5.50. The predicted molar refractivity (Wildman–Crippen MR) is 35.6 cm³/mol. The Balaban J connectivity index is 2.16. The lowest BCUT2D eigenvalue weighted by Gasteiger charge is -2.34. The molecule has 1 nitrogen and oxygen atoms in total. The van der Waals surface area contributed by atoms with Crippen molar-refractivity contribution in [1.82, 2.24) is 0 Å². The summed E-state index contributed by atoms with van der Waals surface area (Å²) in [6.07, 6.45) is 4.15. The van der Waals surface area contributed by atoms with Crippen molar-refractivity contribution in [3.05, 3.63) is 0 Å². The van der Waals surface area contributed by atoms with Gasteiger partial charge in [-0.2, -0.15) is 0 Å². The molecule has 1 rings (SSSR count).